The van der Waals surface area contributed by atoms with Gasteiger partial charge in [0.2, 0.25) is 0 Å². The molecule has 2 aromatic carbocycles. The van der Waals surface area contributed by atoms with Crippen molar-refractivity contribution in [2.45, 2.75) is 13.1 Å². The molecule has 1 aliphatic heterocycles. The molecule has 5 heteroatoms. The van der Waals surface area contributed by atoms with Crippen LogP contribution in [0.25, 0.3) is 11.3 Å². The van der Waals surface area contributed by atoms with Crippen LogP contribution in [0.5, 0.6) is 11.5 Å². The van der Waals surface area contributed by atoms with Crippen molar-refractivity contribution < 1.29 is 9.47 Å². The highest BCUT2D eigenvalue weighted by molar-refractivity contribution is 5.79. The van der Waals surface area contributed by atoms with Gasteiger partial charge in [0.05, 0.1) is 25.6 Å². The van der Waals surface area contributed by atoms with Crippen LogP contribution < -0.4 is 14.8 Å². The number of aryl methyl sites for hydroxylation is 1. The monoisotopic (exact) mass is 321 g/mol. The Bertz CT molecular complexity index is 901. The number of aromatic nitrogens is 2. The Balaban J connectivity index is 1.92. The van der Waals surface area contributed by atoms with E-state index < -0.39 is 0 Å². The molecular weight excluding hydrogens is 302 g/mol. The predicted molar refractivity (Wildman–Crippen MR) is 93.7 cm³/mol. The summed E-state index contributed by atoms with van der Waals surface area (Å²) in [5, 5.41) is 8.27. The van der Waals surface area contributed by atoms with Gasteiger partial charge in [-0.3, -0.25) is 0 Å². The normalized spacial score (nSPS) is 15.2. The lowest BCUT2D eigenvalue weighted by Gasteiger charge is -2.30. The number of nitrogens with zero attached hydrogens (tertiary/aromatic N) is 2. The number of benzene rings is 2. The zero-order valence-electron chi connectivity index (χ0n) is 13.9. The molecule has 0 radical (unpaired) electrons. The fourth-order valence-electron chi connectivity index (χ4n) is 3.22. The van der Waals surface area contributed by atoms with Gasteiger partial charge in [-0.2, -0.15) is 5.10 Å². The Morgan fingerprint density at radius 1 is 1.04 bits per heavy atom. The Hall–Kier alpha value is -2.95. The molecule has 0 bridgehead atoms. The second-order valence-corrected chi connectivity index (χ2v) is 5.82. The van der Waals surface area contributed by atoms with Gasteiger partial charge in [0.1, 0.15) is 11.5 Å². The van der Waals surface area contributed by atoms with Crippen LogP contribution in [-0.2, 0) is 0 Å². The number of nitrogens with one attached hydrogen (secondary N) is 1. The maximum atomic E-state index is 5.57. The van der Waals surface area contributed by atoms with Crippen molar-refractivity contribution in [3.8, 4) is 22.8 Å². The highest BCUT2D eigenvalue weighted by Crippen LogP contribution is 2.41. The summed E-state index contributed by atoms with van der Waals surface area (Å²) in [6.45, 7) is 2.01. The number of para-hydroxylation sites is 1. The highest BCUT2D eigenvalue weighted by atomic mass is 16.5. The minimum Gasteiger partial charge on any atom is -0.497 e. The average Bonchev–Trinajstić information content (AvgIpc) is 3.02. The molecule has 0 spiro atoms. The SMILES string of the molecule is COc1ccc(OC)c([C@H]2Nc3ccccc3-c3cc(C)nn32)c1. The van der Waals surface area contributed by atoms with Crippen LogP contribution in [0.2, 0.25) is 0 Å². The van der Waals surface area contributed by atoms with Crippen molar-refractivity contribution in [3.05, 3.63) is 59.8 Å². The van der Waals surface area contributed by atoms with E-state index in [9.17, 15) is 0 Å². The molecule has 1 aromatic heterocycles. The van der Waals surface area contributed by atoms with E-state index in [-0.39, 0.29) is 6.17 Å². The van der Waals surface area contributed by atoms with Gasteiger partial charge >= 0.3 is 0 Å². The third kappa shape index (κ3) is 2.21. The van der Waals surface area contributed by atoms with Crippen LogP contribution in [-0.4, -0.2) is 24.0 Å². The highest BCUT2D eigenvalue weighted by Gasteiger charge is 2.28. The molecule has 0 fully saturated rings. The number of ether oxygens (including phenoxy) is 2. The molecule has 0 amide bonds. The van der Waals surface area contributed by atoms with Crippen molar-refractivity contribution in [1.29, 1.82) is 0 Å². The molecule has 122 valence electrons. The molecule has 5 nitrogen and oxygen atoms in total. The summed E-state index contributed by atoms with van der Waals surface area (Å²) in [6.07, 6.45) is -0.159. The molecule has 0 saturated heterocycles. The van der Waals surface area contributed by atoms with E-state index in [1.165, 1.54) is 0 Å². The van der Waals surface area contributed by atoms with E-state index in [0.29, 0.717) is 0 Å². The zero-order valence-corrected chi connectivity index (χ0v) is 13.9. The molecule has 0 saturated carbocycles. The number of methoxy groups -OCH3 is 2. The average molecular weight is 321 g/mol. The predicted octanol–water partition coefficient (Wildman–Crippen LogP) is 3.85. The van der Waals surface area contributed by atoms with Crippen LogP contribution in [0.3, 0.4) is 0 Å². The van der Waals surface area contributed by atoms with Gasteiger partial charge < -0.3 is 14.8 Å². The maximum Gasteiger partial charge on any atom is 0.151 e. The Kier molecular flexibility index (Phi) is 3.41. The molecule has 3 aromatic rings. The first kappa shape index (κ1) is 14.6. The summed E-state index contributed by atoms with van der Waals surface area (Å²) < 4.78 is 13.0. The van der Waals surface area contributed by atoms with Crippen molar-refractivity contribution >= 4 is 5.69 Å². The molecule has 0 unspecified atom stereocenters. The smallest absolute Gasteiger partial charge is 0.151 e. The molecule has 0 aliphatic carbocycles. The summed E-state index contributed by atoms with van der Waals surface area (Å²) >= 11 is 0. The van der Waals surface area contributed by atoms with Gasteiger partial charge in [-0.1, -0.05) is 18.2 Å². The Morgan fingerprint density at radius 3 is 2.67 bits per heavy atom. The van der Waals surface area contributed by atoms with Gasteiger partial charge in [-0.05, 0) is 37.3 Å². The van der Waals surface area contributed by atoms with Gasteiger partial charge in [0.15, 0.2) is 6.17 Å². The standard InChI is InChI=1S/C19H19N3O2/c1-12-10-17-14-6-4-5-7-16(14)20-19(22(17)21-12)15-11-13(23-2)8-9-18(15)24-3/h4-11,19-20H,1-3H3/t19-/m0/s1. The molecule has 24 heavy (non-hydrogen) atoms. The second kappa shape index (κ2) is 5.60. The lowest BCUT2D eigenvalue weighted by molar-refractivity contribution is 0.391. The molecular formula is C19H19N3O2. The molecule has 1 atom stereocenters. The number of hydrogen-bond acceptors (Lipinski definition) is 4. The van der Waals surface area contributed by atoms with Crippen molar-refractivity contribution in [3.63, 3.8) is 0 Å². The van der Waals surface area contributed by atoms with Crippen LogP contribution in [0.1, 0.15) is 17.4 Å². The van der Waals surface area contributed by atoms with E-state index in [2.05, 4.69) is 23.5 Å². The number of hydrogen-bond donors (Lipinski definition) is 1. The topological polar surface area (TPSA) is 48.3 Å². The summed E-state index contributed by atoms with van der Waals surface area (Å²) in [7, 11) is 3.34. The lowest BCUT2D eigenvalue weighted by atomic mass is 10.0. The fraction of sp³-hybridized carbons (Fsp3) is 0.211. The summed E-state index contributed by atoms with van der Waals surface area (Å²) in [5.41, 5.74) is 5.29. The van der Waals surface area contributed by atoms with E-state index in [1.54, 1.807) is 14.2 Å². The minimum atomic E-state index is -0.159. The fourth-order valence-corrected chi connectivity index (χ4v) is 3.22. The first-order valence-corrected chi connectivity index (χ1v) is 7.85. The third-order valence-corrected chi connectivity index (χ3v) is 4.33. The van der Waals surface area contributed by atoms with E-state index in [1.807, 2.05) is 41.9 Å². The van der Waals surface area contributed by atoms with Crippen LogP contribution >= 0.6 is 0 Å². The molecule has 1 N–H and O–H groups in total. The zero-order chi connectivity index (χ0) is 16.7. The largest absolute Gasteiger partial charge is 0.497 e. The van der Waals surface area contributed by atoms with E-state index in [4.69, 9.17) is 14.6 Å². The first-order chi connectivity index (χ1) is 11.7. The van der Waals surface area contributed by atoms with Gasteiger partial charge in [-0.25, -0.2) is 4.68 Å². The van der Waals surface area contributed by atoms with Crippen molar-refractivity contribution in [2.75, 3.05) is 19.5 Å². The third-order valence-electron chi connectivity index (χ3n) is 4.33. The number of fused-ring (bicyclic) bond motifs is 3. The maximum absolute atomic E-state index is 5.57. The van der Waals surface area contributed by atoms with E-state index in [0.717, 1.165) is 39.7 Å². The number of rotatable bonds is 3. The quantitative estimate of drug-likeness (QED) is 0.796. The lowest BCUT2D eigenvalue weighted by Crippen LogP contribution is -2.26. The first-order valence-electron chi connectivity index (χ1n) is 7.85. The van der Waals surface area contributed by atoms with Gasteiger partial charge in [0, 0.05) is 16.8 Å². The molecule has 1 aliphatic rings. The summed E-state index contributed by atoms with van der Waals surface area (Å²) in [6, 6.07) is 16.2. The molecule has 2 heterocycles. The van der Waals surface area contributed by atoms with Crippen LogP contribution in [0.15, 0.2) is 48.5 Å². The minimum absolute atomic E-state index is 0.159. The Labute approximate surface area is 140 Å². The summed E-state index contributed by atoms with van der Waals surface area (Å²) in [5.74, 6) is 1.59. The van der Waals surface area contributed by atoms with Gasteiger partial charge in [0.25, 0.3) is 0 Å². The van der Waals surface area contributed by atoms with Crippen LogP contribution in [0, 0.1) is 6.92 Å². The number of anilines is 1. The van der Waals surface area contributed by atoms with E-state index >= 15 is 0 Å². The van der Waals surface area contributed by atoms with Crippen molar-refractivity contribution in [1.82, 2.24) is 9.78 Å². The van der Waals surface area contributed by atoms with Crippen LogP contribution in [0.4, 0.5) is 5.69 Å². The van der Waals surface area contributed by atoms with Gasteiger partial charge in [-0.15, -0.1) is 0 Å². The Morgan fingerprint density at radius 2 is 1.88 bits per heavy atom. The summed E-state index contributed by atoms with van der Waals surface area (Å²) in [4.78, 5) is 0. The second-order valence-electron chi connectivity index (χ2n) is 5.82. The molecule has 4 rings (SSSR count). The van der Waals surface area contributed by atoms with Crippen molar-refractivity contribution in [2.24, 2.45) is 0 Å².